The molecule has 0 atom stereocenters. The predicted molar refractivity (Wildman–Crippen MR) is 50.6 cm³/mol. The smallest absolute Gasteiger partial charge is 0.119 e. The van der Waals surface area contributed by atoms with Gasteiger partial charge in [-0.25, -0.2) is 0 Å². The van der Waals surface area contributed by atoms with E-state index in [1.54, 1.807) is 0 Å². The van der Waals surface area contributed by atoms with Gasteiger partial charge in [0.05, 0.1) is 6.61 Å². The van der Waals surface area contributed by atoms with Crippen molar-refractivity contribution in [1.82, 2.24) is 4.90 Å². The van der Waals surface area contributed by atoms with Crippen LogP contribution in [0.1, 0.15) is 6.92 Å². The average Bonchev–Trinajstić information content (AvgIpc) is 2.51. The van der Waals surface area contributed by atoms with E-state index >= 15 is 0 Å². The minimum absolute atomic E-state index is 0.666. The maximum Gasteiger partial charge on any atom is 0.119 e. The van der Waals surface area contributed by atoms with E-state index in [9.17, 15) is 0 Å². The van der Waals surface area contributed by atoms with Crippen LogP contribution in [0.2, 0.25) is 0 Å². The van der Waals surface area contributed by atoms with Crippen molar-refractivity contribution in [1.29, 1.82) is 0 Å². The monoisotopic (exact) mass is 165 g/mol. The van der Waals surface area contributed by atoms with Crippen molar-refractivity contribution in [3.63, 3.8) is 0 Å². The van der Waals surface area contributed by atoms with Crippen LogP contribution in [-0.4, -0.2) is 24.8 Å². The average molecular weight is 165 g/mol. The fourth-order valence-electron chi connectivity index (χ4n) is 0.984. The Kier molecular flexibility index (Phi) is 3.11. The molecular weight excluding hydrogens is 150 g/mol. The predicted octanol–water partition coefficient (Wildman–Crippen LogP) is 1.92. The Morgan fingerprint density at radius 1 is 1.42 bits per heavy atom. The zero-order chi connectivity index (χ0) is 8.97. The fourth-order valence-corrected chi connectivity index (χ4v) is 0.984. The molecule has 0 spiro atoms. The van der Waals surface area contributed by atoms with Gasteiger partial charge in [0.25, 0.3) is 0 Å². The van der Waals surface area contributed by atoms with E-state index in [-0.39, 0.29) is 0 Å². The van der Waals surface area contributed by atoms with Crippen molar-refractivity contribution in [2.75, 3.05) is 19.9 Å². The summed E-state index contributed by atoms with van der Waals surface area (Å²) < 4.78 is 5.19. The van der Waals surface area contributed by atoms with E-state index < -0.39 is 0 Å². The highest BCUT2D eigenvalue weighted by atomic mass is 16.5. The van der Waals surface area contributed by atoms with Gasteiger partial charge in [-0.1, -0.05) is 24.8 Å². The van der Waals surface area contributed by atoms with Crippen molar-refractivity contribution in [3.05, 3.63) is 36.6 Å². The highest BCUT2D eigenvalue weighted by Gasteiger charge is 2.10. The maximum atomic E-state index is 5.19. The lowest BCUT2D eigenvalue weighted by atomic mass is 10.3. The zero-order valence-corrected chi connectivity index (χ0v) is 7.55. The number of hydrogen-bond donors (Lipinski definition) is 0. The molecule has 0 radical (unpaired) electrons. The van der Waals surface area contributed by atoms with Gasteiger partial charge in [0.2, 0.25) is 0 Å². The van der Waals surface area contributed by atoms with Crippen LogP contribution in [0.4, 0.5) is 0 Å². The SMILES string of the molecule is C=C(C)/C=C\C(=C)N1CCOC1. The number of nitrogens with zero attached hydrogens (tertiary/aromatic N) is 1. The summed E-state index contributed by atoms with van der Waals surface area (Å²) in [5.74, 6) is 0. The fraction of sp³-hybridized carbons (Fsp3) is 0.400. The zero-order valence-electron chi connectivity index (χ0n) is 7.55. The molecule has 0 bridgehead atoms. The largest absolute Gasteiger partial charge is 0.359 e. The van der Waals surface area contributed by atoms with Gasteiger partial charge < -0.3 is 9.64 Å². The van der Waals surface area contributed by atoms with Crippen LogP contribution in [0, 0.1) is 0 Å². The summed E-state index contributed by atoms with van der Waals surface area (Å²) >= 11 is 0. The summed E-state index contributed by atoms with van der Waals surface area (Å²) in [5.41, 5.74) is 2.03. The summed E-state index contributed by atoms with van der Waals surface area (Å²) in [6.07, 6.45) is 3.93. The van der Waals surface area contributed by atoms with E-state index in [1.165, 1.54) is 0 Å². The Morgan fingerprint density at radius 3 is 2.67 bits per heavy atom. The first-order valence-electron chi connectivity index (χ1n) is 4.05. The molecule has 0 aliphatic carbocycles. The van der Waals surface area contributed by atoms with Gasteiger partial charge >= 0.3 is 0 Å². The van der Waals surface area contributed by atoms with Gasteiger partial charge in [0.15, 0.2) is 0 Å². The van der Waals surface area contributed by atoms with E-state index in [0.717, 1.165) is 24.4 Å². The highest BCUT2D eigenvalue weighted by Crippen LogP contribution is 2.09. The second-order valence-electron chi connectivity index (χ2n) is 2.97. The molecule has 0 saturated carbocycles. The van der Waals surface area contributed by atoms with Gasteiger partial charge in [-0.05, 0) is 13.0 Å². The first-order chi connectivity index (χ1) is 5.70. The Labute approximate surface area is 73.8 Å². The van der Waals surface area contributed by atoms with E-state index in [2.05, 4.69) is 18.1 Å². The van der Waals surface area contributed by atoms with E-state index in [0.29, 0.717) is 6.73 Å². The molecule has 1 aliphatic rings. The van der Waals surface area contributed by atoms with Gasteiger partial charge in [0.1, 0.15) is 6.73 Å². The molecule has 1 fully saturated rings. The summed E-state index contributed by atoms with van der Waals surface area (Å²) in [6.45, 7) is 12.1. The Morgan fingerprint density at radius 2 is 2.17 bits per heavy atom. The second kappa shape index (κ2) is 4.12. The standard InChI is InChI=1S/C10H15NO/c1-9(2)4-5-10(3)11-6-7-12-8-11/h4-5H,1,3,6-8H2,2H3/b5-4-. The normalized spacial score (nSPS) is 17.2. The molecular formula is C10H15NO. The third kappa shape index (κ3) is 2.55. The second-order valence-corrected chi connectivity index (χ2v) is 2.97. The molecule has 0 amide bonds. The van der Waals surface area contributed by atoms with Crippen LogP contribution in [0.5, 0.6) is 0 Å². The molecule has 1 rings (SSSR count). The third-order valence-electron chi connectivity index (χ3n) is 1.72. The van der Waals surface area contributed by atoms with Crippen LogP contribution in [0.25, 0.3) is 0 Å². The quantitative estimate of drug-likeness (QED) is 0.592. The molecule has 1 heterocycles. The van der Waals surface area contributed by atoms with Crippen molar-refractivity contribution in [2.24, 2.45) is 0 Å². The van der Waals surface area contributed by atoms with Crippen molar-refractivity contribution in [3.8, 4) is 0 Å². The summed E-state index contributed by atoms with van der Waals surface area (Å²) in [7, 11) is 0. The van der Waals surface area contributed by atoms with Crippen LogP contribution < -0.4 is 0 Å². The van der Waals surface area contributed by atoms with Crippen LogP contribution >= 0.6 is 0 Å². The molecule has 0 aromatic heterocycles. The van der Waals surface area contributed by atoms with Gasteiger partial charge in [-0.3, -0.25) is 0 Å². The minimum Gasteiger partial charge on any atom is -0.359 e. The molecule has 1 saturated heterocycles. The third-order valence-corrected chi connectivity index (χ3v) is 1.72. The molecule has 2 nitrogen and oxygen atoms in total. The molecule has 1 aliphatic heterocycles. The highest BCUT2D eigenvalue weighted by molar-refractivity contribution is 5.22. The molecule has 12 heavy (non-hydrogen) atoms. The Bertz CT molecular complexity index is 212. The number of hydrogen-bond acceptors (Lipinski definition) is 2. The topological polar surface area (TPSA) is 12.5 Å². The summed E-state index contributed by atoms with van der Waals surface area (Å²) in [6, 6.07) is 0. The number of allylic oxidation sites excluding steroid dienone is 3. The van der Waals surface area contributed by atoms with Crippen molar-refractivity contribution < 1.29 is 4.74 Å². The molecule has 0 unspecified atom stereocenters. The maximum absolute atomic E-state index is 5.19. The molecule has 0 aromatic rings. The minimum atomic E-state index is 0.666. The van der Waals surface area contributed by atoms with Gasteiger partial charge in [-0.15, -0.1) is 0 Å². The van der Waals surface area contributed by atoms with Crippen molar-refractivity contribution >= 4 is 0 Å². The summed E-state index contributed by atoms with van der Waals surface area (Å²) in [4.78, 5) is 2.10. The lowest BCUT2D eigenvalue weighted by molar-refractivity contribution is 0.158. The molecule has 2 heteroatoms. The molecule has 0 N–H and O–H groups in total. The molecule has 0 aromatic carbocycles. The van der Waals surface area contributed by atoms with Gasteiger partial charge in [0, 0.05) is 12.2 Å². The van der Waals surface area contributed by atoms with Crippen LogP contribution in [-0.2, 0) is 4.74 Å². The summed E-state index contributed by atoms with van der Waals surface area (Å²) in [5, 5.41) is 0. The Hall–Kier alpha value is -1.02. The Balaban J connectivity index is 2.42. The number of ether oxygens (including phenoxy) is 1. The first-order valence-corrected chi connectivity index (χ1v) is 4.05. The van der Waals surface area contributed by atoms with Crippen LogP contribution in [0.3, 0.4) is 0 Å². The first kappa shape index (κ1) is 9.07. The van der Waals surface area contributed by atoms with Crippen LogP contribution in [0.15, 0.2) is 36.6 Å². The number of rotatable bonds is 3. The molecule has 66 valence electrons. The van der Waals surface area contributed by atoms with E-state index in [4.69, 9.17) is 4.74 Å². The lowest BCUT2D eigenvalue weighted by Crippen LogP contribution is -2.16. The lowest BCUT2D eigenvalue weighted by Gasteiger charge is -2.14. The van der Waals surface area contributed by atoms with E-state index in [1.807, 2.05) is 19.1 Å². The van der Waals surface area contributed by atoms with Crippen molar-refractivity contribution in [2.45, 2.75) is 6.92 Å². The van der Waals surface area contributed by atoms with Gasteiger partial charge in [-0.2, -0.15) is 0 Å².